The van der Waals surface area contributed by atoms with E-state index in [0.717, 1.165) is 5.69 Å². The van der Waals surface area contributed by atoms with Crippen LogP contribution >= 0.6 is 12.2 Å². The molecule has 1 N–H and O–H groups in total. The Morgan fingerprint density at radius 3 is 2.35 bits per heavy atom. The molecular weight excluding hydrogens is 276 g/mol. The normalized spacial score (nSPS) is 10.7. The molecular formula is C13H18N4O2S. The zero-order valence-corrected chi connectivity index (χ0v) is 12.8. The maximum Gasteiger partial charge on any atom is 0.416 e. The van der Waals surface area contributed by atoms with Crippen LogP contribution in [-0.2, 0) is 4.74 Å². The third kappa shape index (κ3) is 4.51. The lowest BCUT2D eigenvalue weighted by Gasteiger charge is -2.23. The molecule has 0 radical (unpaired) electrons. The molecule has 20 heavy (non-hydrogen) atoms. The van der Waals surface area contributed by atoms with Gasteiger partial charge in [0.25, 0.3) is 0 Å². The van der Waals surface area contributed by atoms with Gasteiger partial charge in [-0.1, -0.05) is 18.2 Å². The first-order valence-electron chi connectivity index (χ1n) is 5.89. The number of thiocarbonyl (C=S) groups is 1. The summed E-state index contributed by atoms with van der Waals surface area (Å²) in [6.07, 6.45) is -0.514. The van der Waals surface area contributed by atoms with Gasteiger partial charge in [0.15, 0.2) is 0 Å². The third-order valence-corrected chi connectivity index (χ3v) is 2.57. The van der Waals surface area contributed by atoms with Gasteiger partial charge < -0.3 is 15.0 Å². The fourth-order valence-electron chi connectivity index (χ4n) is 1.46. The number of aliphatic imine (C=N–C) groups is 1. The van der Waals surface area contributed by atoms with E-state index in [1.54, 1.807) is 26.0 Å². The molecule has 7 heteroatoms. The standard InChI is InChI=1S/C13H18N4O2S/c1-16(2)12(17(3)13(18)19-4)15-11(20)14-10-8-6-5-7-9-10/h5-9H,1-4H3,(H,14,20)/b15-12+. The first kappa shape index (κ1) is 15.9. The van der Waals surface area contributed by atoms with E-state index in [1.807, 2.05) is 30.3 Å². The average molecular weight is 294 g/mol. The van der Waals surface area contributed by atoms with Crippen LogP contribution in [0.1, 0.15) is 0 Å². The van der Waals surface area contributed by atoms with Gasteiger partial charge in [0.2, 0.25) is 11.1 Å². The van der Waals surface area contributed by atoms with Crippen molar-refractivity contribution in [1.82, 2.24) is 9.80 Å². The highest BCUT2D eigenvalue weighted by Gasteiger charge is 2.17. The molecule has 0 heterocycles. The van der Waals surface area contributed by atoms with E-state index < -0.39 is 6.09 Å². The van der Waals surface area contributed by atoms with Gasteiger partial charge in [-0.2, -0.15) is 4.99 Å². The van der Waals surface area contributed by atoms with E-state index in [2.05, 4.69) is 15.0 Å². The zero-order valence-electron chi connectivity index (χ0n) is 12.0. The maximum absolute atomic E-state index is 11.5. The minimum atomic E-state index is -0.514. The fourth-order valence-corrected chi connectivity index (χ4v) is 1.66. The summed E-state index contributed by atoms with van der Waals surface area (Å²) < 4.78 is 4.66. The molecule has 0 aliphatic rings. The van der Waals surface area contributed by atoms with Crippen LogP contribution in [-0.4, -0.2) is 55.2 Å². The number of amides is 1. The Morgan fingerprint density at radius 2 is 1.85 bits per heavy atom. The Balaban J connectivity index is 2.86. The van der Waals surface area contributed by atoms with Crippen LogP contribution in [0.25, 0.3) is 0 Å². The molecule has 0 aliphatic carbocycles. The van der Waals surface area contributed by atoms with Gasteiger partial charge in [0.05, 0.1) is 7.11 Å². The average Bonchev–Trinajstić information content (AvgIpc) is 2.44. The summed E-state index contributed by atoms with van der Waals surface area (Å²) in [6, 6.07) is 9.44. The van der Waals surface area contributed by atoms with Crippen LogP contribution in [0, 0.1) is 0 Å². The SMILES string of the molecule is COC(=O)N(C)/C(=N/C(=S)Nc1ccccc1)N(C)C. The summed E-state index contributed by atoms with van der Waals surface area (Å²) in [6.45, 7) is 0. The lowest BCUT2D eigenvalue weighted by Crippen LogP contribution is -2.42. The Morgan fingerprint density at radius 1 is 1.25 bits per heavy atom. The Labute approximate surface area is 124 Å². The van der Waals surface area contributed by atoms with Gasteiger partial charge in [-0.15, -0.1) is 0 Å². The molecule has 6 nitrogen and oxygen atoms in total. The molecule has 0 aromatic heterocycles. The first-order valence-corrected chi connectivity index (χ1v) is 6.30. The summed E-state index contributed by atoms with van der Waals surface area (Å²) in [5, 5.41) is 3.24. The molecule has 0 fully saturated rings. The molecule has 1 rings (SSSR count). The van der Waals surface area contributed by atoms with Gasteiger partial charge in [0, 0.05) is 26.8 Å². The van der Waals surface area contributed by atoms with E-state index in [0.29, 0.717) is 5.96 Å². The number of benzene rings is 1. The van der Waals surface area contributed by atoms with E-state index in [4.69, 9.17) is 12.2 Å². The second-order valence-corrected chi connectivity index (χ2v) is 4.52. The molecule has 108 valence electrons. The Bertz CT molecular complexity index is 502. The highest BCUT2D eigenvalue weighted by atomic mass is 32.1. The lowest BCUT2D eigenvalue weighted by molar-refractivity contribution is 0.149. The van der Waals surface area contributed by atoms with Crippen molar-refractivity contribution in [2.45, 2.75) is 0 Å². The third-order valence-electron chi connectivity index (χ3n) is 2.38. The van der Waals surface area contributed by atoms with Crippen LogP contribution in [0.5, 0.6) is 0 Å². The molecule has 0 bridgehead atoms. The van der Waals surface area contributed by atoms with Crippen molar-refractivity contribution < 1.29 is 9.53 Å². The van der Waals surface area contributed by atoms with Crippen molar-refractivity contribution in [2.24, 2.45) is 4.99 Å². The number of para-hydroxylation sites is 1. The molecule has 0 unspecified atom stereocenters. The van der Waals surface area contributed by atoms with Gasteiger partial charge in [0.1, 0.15) is 0 Å². The summed E-state index contributed by atoms with van der Waals surface area (Å²) in [5.74, 6) is 0.380. The number of guanidine groups is 1. The number of rotatable bonds is 1. The molecule has 0 saturated carbocycles. The zero-order chi connectivity index (χ0) is 15.1. The van der Waals surface area contributed by atoms with Gasteiger partial charge in [-0.05, 0) is 24.4 Å². The summed E-state index contributed by atoms with van der Waals surface area (Å²) in [4.78, 5) is 18.7. The summed E-state index contributed by atoms with van der Waals surface area (Å²) >= 11 is 5.17. The van der Waals surface area contributed by atoms with E-state index in [1.165, 1.54) is 12.0 Å². The van der Waals surface area contributed by atoms with Crippen molar-refractivity contribution in [1.29, 1.82) is 0 Å². The highest BCUT2D eigenvalue weighted by Crippen LogP contribution is 2.06. The van der Waals surface area contributed by atoms with Crippen LogP contribution in [0.3, 0.4) is 0 Å². The largest absolute Gasteiger partial charge is 0.452 e. The van der Waals surface area contributed by atoms with E-state index in [-0.39, 0.29) is 5.11 Å². The Kier molecular flexibility index (Phi) is 5.92. The molecule has 0 saturated heterocycles. The fraction of sp³-hybridized carbons (Fsp3) is 0.308. The molecule has 1 amide bonds. The summed E-state index contributed by atoms with van der Waals surface area (Å²) in [7, 11) is 6.41. The van der Waals surface area contributed by atoms with Crippen molar-refractivity contribution in [2.75, 3.05) is 33.6 Å². The number of anilines is 1. The van der Waals surface area contributed by atoms with E-state index >= 15 is 0 Å². The van der Waals surface area contributed by atoms with Crippen molar-refractivity contribution in [3.63, 3.8) is 0 Å². The quantitative estimate of drug-likeness (QED) is 0.488. The van der Waals surface area contributed by atoms with Crippen molar-refractivity contribution in [3.8, 4) is 0 Å². The van der Waals surface area contributed by atoms with Crippen LogP contribution in [0.2, 0.25) is 0 Å². The van der Waals surface area contributed by atoms with Gasteiger partial charge in [-0.3, -0.25) is 4.90 Å². The Hall–Kier alpha value is -2.15. The lowest BCUT2D eigenvalue weighted by atomic mass is 10.3. The second kappa shape index (κ2) is 7.44. The van der Waals surface area contributed by atoms with Gasteiger partial charge in [-0.25, -0.2) is 4.79 Å². The smallest absolute Gasteiger partial charge is 0.416 e. The maximum atomic E-state index is 11.5. The molecule has 0 aliphatic heterocycles. The number of nitrogens with zero attached hydrogens (tertiary/aromatic N) is 3. The highest BCUT2D eigenvalue weighted by molar-refractivity contribution is 7.80. The topological polar surface area (TPSA) is 57.2 Å². The van der Waals surface area contributed by atoms with Crippen LogP contribution in [0.15, 0.2) is 35.3 Å². The number of carbonyl (C=O) groups excluding carboxylic acids is 1. The number of ether oxygens (including phenoxy) is 1. The predicted octanol–water partition coefficient (Wildman–Crippen LogP) is 2.00. The molecule has 0 spiro atoms. The minimum Gasteiger partial charge on any atom is -0.452 e. The predicted molar refractivity (Wildman–Crippen MR) is 84.0 cm³/mol. The van der Waals surface area contributed by atoms with E-state index in [9.17, 15) is 4.79 Å². The van der Waals surface area contributed by atoms with Crippen molar-refractivity contribution in [3.05, 3.63) is 30.3 Å². The summed E-state index contributed by atoms with van der Waals surface area (Å²) in [5.41, 5.74) is 0.833. The first-order chi connectivity index (χ1) is 9.45. The van der Waals surface area contributed by atoms with Crippen LogP contribution in [0.4, 0.5) is 10.5 Å². The number of carbonyl (C=O) groups is 1. The van der Waals surface area contributed by atoms with Crippen molar-refractivity contribution >= 4 is 35.1 Å². The minimum absolute atomic E-state index is 0.260. The number of nitrogens with one attached hydrogen (secondary N) is 1. The van der Waals surface area contributed by atoms with Crippen LogP contribution < -0.4 is 5.32 Å². The number of methoxy groups -OCH3 is 1. The molecule has 1 aromatic rings. The van der Waals surface area contributed by atoms with Gasteiger partial charge >= 0.3 is 6.09 Å². The number of hydrogen-bond acceptors (Lipinski definition) is 3. The number of hydrogen-bond donors (Lipinski definition) is 1. The monoisotopic (exact) mass is 294 g/mol. The second-order valence-electron chi connectivity index (χ2n) is 4.13. The molecule has 1 aromatic carbocycles. The molecule has 0 atom stereocenters.